The van der Waals surface area contributed by atoms with Crippen molar-refractivity contribution in [2.75, 3.05) is 5.32 Å². The summed E-state index contributed by atoms with van der Waals surface area (Å²) >= 11 is 0. The van der Waals surface area contributed by atoms with Gasteiger partial charge in [-0.05, 0) is 46.6 Å². The molecule has 114 valence electrons. The number of aryl methyl sites for hydroxylation is 2. The topological polar surface area (TPSA) is 47.7 Å². The highest BCUT2D eigenvalue weighted by molar-refractivity contribution is 5.42. The van der Waals surface area contributed by atoms with E-state index in [1.54, 1.807) is 0 Å². The fraction of sp³-hybridized carbons (Fsp3) is 0.625. The molecule has 5 nitrogen and oxygen atoms in total. The molecule has 0 aromatic carbocycles. The predicted octanol–water partition coefficient (Wildman–Crippen LogP) is 3.48. The van der Waals surface area contributed by atoms with Gasteiger partial charge in [-0.1, -0.05) is 0 Å². The summed E-state index contributed by atoms with van der Waals surface area (Å²) in [6.45, 7) is 10.2. The van der Waals surface area contributed by atoms with E-state index in [9.17, 15) is 0 Å². The van der Waals surface area contributed by atoms with Crippen LogP contribution in [0.15, 0.2) is 12.3 Å². The fourth-order valence-electron chi connectivity index (χ4n) is 2.64. The molecule has 0 saturated heterocycles. The van der Waals surface area contributed by atoms with Gasteiger partial charge < -0.3 is 5.32 Å². The summed E-state index contributed by atoms with van der Waals surface area (Å²) in [5, 5.41) is 12.8. The van der Waals surface area contributed by atoms with Crippen LogP contribution in [0.1, 0.15) is 62.5 Å². The quantitative estimate of drug-likeness (QED) is 0.885. The van der Waals surface area contributed by atoms with Crippen molar-refractivity contribution in [1.82, 2.24) is 19.6 Å². The molecule has 0 atom stereocenters. The maximum absolute atomic E-state index is 4.78. The van der Waals surface area contributed by atoms with Gasteiger partial charge in [0.25, 0.3) is 0 Å². The number of hydrogen-bond acceptors (Lipinski definition) is 3. The molecule has 2 aromatic heterocycles. The molecule has 1 aliphatic rings. The molecule has 2 heterocycles. The van der Waals surface area contributed by atoms with Gasteiger partial charge in [-0.2, -0.15) is 10.2 Å². The molecular formula is C16H25N5. The molecular weight excluding hydrogens is 262 g/mol. The molecule has 0 spiro atoms. The van der Waals surface area contributed by atoms with Crippen LogP contribution in [0.5, 0.6) is 0 Å². The van der Waals surface area contributed by atoms with Crippen LogP contribution in [0.4, 0.5) is 5.82 Å². The van der Waals surface area contributed by atoms with Gasteiger partial charge in [0.2, 0.25) is 0 Å². The van der Waals surface area contributed by atoms with E-state index in [1.807, 2.05) is 4.68 Å². The summed E-state index contributed by atoms with van der Waals surface area (Å²) in [6, 6.07) is 2.65. The zero-order valence-corrected chi connectivity index (χ0v) is 13.4. The van der Waals surface area contributed by atoms with Crippen LogP contribution < -0.4 is 5.32 Å². The normalized spacial score (nSPS) is 14.9. The van der Waals surface area contributed by atoms with Crippen molar-refractivity contribution >= 4 is 5.82 Å². The second-order valence-corrected chi connectivity index (χ2v) is 6.24. The highest BCUT2D eigenvalue weighted by Gasteiger charge is 2.27. The predicted molar refractivity (Wildman–Crippen MR) is 84.6 cm³/mol. The Bertz CT molecular complexity index is 619. The van der Waals surface area contributed by atoms with E-state index in [-0.39, 0.29) is 0 Å². The molecule has 3 rings (SSSR count). The summed E-state index contributed by atoms with van der Waals surface area (Å²) in [7, 11) is 0. The van der Waals surface area contributed by atoms with Crippen LogP contribution in [0.2, 0.25) is 0 Å². The Morgan fingerprint density at radius 3 is 2.67 bits per heavy atom. The van der Waals surface area contributed by atoms with E-state index in [0.29, 0.717) is 12.0 Å². The maximum Gasteiger partial charge on any atom is 0.151 e. The van der Waals surface area contributed by atoms with Crippen LogP contribution in [0.3, 0.4) is 0 Å². The van der Waals surface area contributed by atoms with E-state index in [1.165, 1.54) is 29.8 Å². The number of nitrogens with zero attached hydrogens (tertiary/aromatic N) is 4. The molecule has 1 saturated carbocycles. The molecule has 1 fully saturated rings. The van der Waals surface area contributed by atoms with Crippen LogP contribution in [-0.4, -0.2) is 19.6 Å². The van der Waals surface area contributed by atoms with Gasteiger partial charge in [-0.25, -0.2) is 0 Å². The summed E-state index contributed by atoms with van der Waals surface area (Å²) in [5.74, 6) is 1.67. The third-order valence-electron chi connectivity index (χ3n) is 4.02. The average Bonchev–Trinajstić information content (AvgIpc) is 3.11. The van der Waals surface area contributed by atoms with E-state index >= 15 is 0 Å². The average molecular weight is 287 g/mol. The van der Waals surface area contributed by atoms with Gasteiger partial charge in [0, 0.05) is 30.3 Å². The Kier molecular flexibility index (Phi) is 3.74. The maximum atomic E-state index is 4.78. The standard InChI is InChI=1S/C16H25N5/c1-5-20-10-12(4)16(19-20)17-9-14-8-15(13-6-7-13)18-21(14)11(2)3/h8,10-11,13H,5-7,9H2,1-4H3,(H,17,19). The monoisotopic (exact) mass is 287 g/mol. The molecule has 0 amide bonds. The Morgan fingerprint density at radius 2 is 2.10 bits per heavy atom. The third-order valence-corrected chi connectivity index (χ3v) is 4.02. The van der Waals surface area contributed by atoms with E-state index < -0.39 is 0 Å². The Balaban J connectivity index is 1.75. The third kappa shape index (κ3) is 2.96. The molecule has 1 N–H and O–H groups in total. The minimum Gasteiger partial charge on any atom is -0.363 e. The minimum atomic E-state index is 0.392. The van der Waals surface area contributed by atoms with Crippen LogP contribution in [0, 0.1) is 6.92 Å². The van der Waals surface area contributed by atoms with Gasteiger partial charge >= 0.3 is 0 Å². The number of rotatable bonds is 6. The first-order valence-corrected chi connectivity index (χ1v) is 7.94. The van der Waals surface area contributed by atoms with E-state index in [4.69, 9.17) is 5.10 Å². The van der Waals surface area contributed by atoms with Gasteiger partial charge in [0.05, 0.1) is 17.9 Å². The molecule has 1 aliphatic carbocycles. The lowest BCUT2D eigenvalue weighted by Gasteiger charge is -2.11. The van der Waals surface area contributed by atoms with Crippen molar-refractivity contribution in [3.63, 3.8) is 0 Å². The van der Waals surface area contributed by atoms with Crippen molar-refractivity contribution in [2.24, 2.45) is 0 Å². The number of aromatic nitrogens is 4. The first-order valence-electron chi connectivity index (χ1n) is 7.94. The first kappa shape index (κ1) is 14.2. The molecule has 5 heteroatoms. The molecule has 0 unspecified atom stereocenters. The SMILES string of the molecule is CCn1cc(C)c(NCc2cc(C3CC3)nn2C(C)C)n1. The number of anilines is 1. The lowest BCUT2D eigenvalue weighted by atomic mass is 10.2. The van der Waals surface area contributed by atoms with Crippen molar-refractivity contribution in [3.05, 3.63) is 29.2 Å². The molecule has 0 aliphatic heterocycles. The lowest BCUT2D eigenvalue weighted by Crippen LogP contribution is -2.11. The van der Waals surface area contributed by atoms with Crippen molar-refractivity contribution in [1.29, 1.82) is 0 Å². The van der Waals surface area contributed by atoms with E-state index in [0.717, 1.165) is 18.9 Å². The van der Waals surface area contributed by atoms with Crippen molar-refractivity contribution < 1.29 is 0 Å². The van der Waals surface area contributed by atoms with Crippen molar-refractivity contribution in [3.8, 4) is 0 Å². The Labute approximate surface area is 126 Å². The summed E-state index contributed by atoms with van der Waals surface area (Å²) < 4.78 is 4.11. The largest absolute Gasteiger partial charge is 0.363 e. The number of hydrogen-bond donors (Lipinski definition) is 1. The molecule has 0 bridgehead atoms. The van der Waals surface area contributed by atoms with Gasteiger partial charge in [0.15, 0.2) is 5.82 Å². The molecule has 0 radical (unpaired) electrons. The molecule has 2 aromatic rings. The van der Waals surface area contributed by atoms with Gasteiger partial charge in [-0.3, -0.25) is 9.36 Å². The van der Waals surface area contributed by atoms with Gasteiger partial charge in [0.1, 0.15) is 0 Å². The van der Waals surface area contributed by atoms with Crippen LogP contribution in [0.25, 0.3) is 0 Å². The van der Waals surface area contributed by atoms with Crippen molar-refractivity contribution in [2.45, 2.75) is 65.6 Å². The van der Waals surface area contributed by atoms with Crippen LogP contribution in [-0.2, 0) is 13.1 Å². The zero-order valence-electron chi connectivity index (χ0n) is 13.4. The highest BCUT2D eigenvalue weighted by atomic mass is 15.3. The second kappa shape index (κ2) is 5.54. The second-order valence-electron chi connectivity index (χ2n) is 6.24. The lowest BCUT2D eigenvalue weighted by molar-refractivity contribution is 0.507. The first-order chi connectivity index (χ1) is 10.1. The fourth-order valence-corrected chi connectivity index (χ4v) is 2.64. The molecule has 21 heavy (non-hydrogen) atoms. The Hall–Kier alpha value is -1.78. The van der Waals surface area contributed by atoms with Crippen LogP contribution >= 0.6 is 0 Å². The Morgan fingerprint density at radius 1 is 1.33 bits per heavy atom. The van der Waals surface area contributed by atoms with Gasteiger partial charge in [-0.15, -0.1) is 0 Å². The minimum absolute atomic E-state index is 0.392. The summed E-state index contributed by atoms with van der Waals surface area (Å²) in [6.07, 6.45) is 4.67. The smallest absolute Gasteiger partial charge is 0.151 e. The zero-order chi connectivity index (χ0) is 15.0. The summed E-state index contributed by atoms with van der Waals surface area (Å²) in [4.78, 5) is 0. The van der Waals surface area contributed by atoms with E-state index in [2.05, 4.69) is 55.1 Å². The number of nitrogens with one attached hydrogen (secondary N) is 1. The summed E-state index contributed by atoms with van der Waals surface area (Å²) in [5.41, 5.74) is 3.70. The highest BCUT2D eigenvalue weighted by Crippen LogP contribution is 2.39.